The molecule has 3 amide bonds. The van der Waals surface area contributed by atoms with Crippen molar-refractivity contribution in [3.63, 3.8) is 0 Å². The molecule has 0 aromatic heterocycles. The van der Waals surface area contributed by atoms with Gasteiger partial charge < -0.3 is 25.2 Å². The van der Waals surface area contributed by atoms with E-state index < -0.39 is 29.4 Å². The number of hydrogen-bond donors (Lipinski definition) is 2. The Labute approximate surface area is 271 Å². The van der Waals surface area contributed by atoms with Gasteiger partial charge in [0.25, 0.3) is 0 Å². The third-order valence-electron chi connectivity index (χ3n) is 7.12. The van der Waals surface area contributed by atoms with Crippen LogP contribution in [0.5, 0.6) is 0 Å². The van der Waals surface area contributed by atoms with E-state index in [1.165, 1.54) is 0 Å². The minimum absolute atomic E-state index is 0.0209. The summed E-state index contributed by atoms with van der Waals surface area (Å²) in [6.07, 6.45) is 3.48. The Morgan fingerprint density at radius 1 is 1.02 bits per heavy atom. The number of carbonyl (C=O) groups is 4. The number of carbonyl (C=O) groups excluding carboxylic acids is 4. The second kappa shape index (κ2) is 15.7. The van der Waals surface area contributed by atoms with Crippen LogP contribution in [-0.2, 0) is 30.3 Å². The molecule has 45 heavy (non-hydrogen) atoms. The molecule has 3 rings (SSSR count). The first-order valence-corrected chi connectivity index (χ1v) is 15.3. The zero-order valence-electron chi connectivity index (χ0n) is 26.8. The summed E-state index contributed by atoms with van der Waals surface area (Å²) >= 11 is 6.21. The van der Waals surface area contributed by atoms with Gasteiger partial charge in [0.15, 0.2) is 0 Å². The van der Waals surface area contributed by atoms with Crippen LogP contribution in [0.3, 0.4) is 0 Å². The van der Waals surface area contributed by atoms with Gasteiger partial charge in [0.2, 0.25) is 5.91 Å². The Morgan fingerprint density at radius 3 is 2.22 bits per heavy atom. The van der Waals surface area contributed by atoms with E-state index in [9.17, 15) is 19.2 Å². The van der Waals surface area contributed by atoms with Crippen LogP contribution in [-0.4, -0.2) is 79.0 Å². The van der Waals surface area contributed by atoms with Crippen LogP contribution in [0, 0.1) is 0 Å². The van der Waals surface area contributed by atoms with Gasteiger partial charge >= 0.3 is 17.8 Å². The van der Waals surface area contributed by atoms with Gasteiger partial charge in [0, 0.05) is 49.4 Å². The monoisotopic (exact) mass is 637 g/mol. The summed E-state index contributed by atoms with van der Waals surface area (Å²) in [6.45, 7) is 19.5. The SMILES string of the molecule is C=CCN(CC=C)c1ccc(Cl)cc1NC(=O)C(=O)N[C@@H](Cc1ccc(N2CCN(C(C)C)CC2=O)cc1)C(=O)OC(C)(C)C. The third kappa shape index (κ3) is 10.2. The molecule has 1 atom stereocenters. The van der Waals surface area contributed by atoms with Gasteiger partial charge in [0.1, 0.15) is 11.6 Å². The predicted molar refractivity (Wildman–Crippen MR) is 180 cm³/mol. The lowest BCUT2D eigenvalue weighted by Crippen LogP contribution is -2.52. The van der Waals surface area contributed by atoms with Gasteiger partial charge in [-0.15, -0.1) is 13.2 Å². The highest BCUT2D eigenvalue weighted by molar-refractivity contribution is 6.40. The molecular weight excluding hydrogens is 594 g/mol. The minimum atomic E-state index is -1.15. The molecule has 1 heterocycles. The summed E-state index contributed by atoms with van der Waals surface area (Å²) in [6, 6.07) is 11.3. The van der Waals surface area contributed by atoms with E-state index in [1.807, 2.05) is 17.0 Å². The first kappa shape index (κ1) is 35.3. The maximum atomic E-state index is 13.2. The molecule has 0 unspecified atom stereocenters. The molecule has 1 saturated heterocycles. The van der Waals surface area contributed by atoms with Crippen molar-refractivity contribution in [2.75, 3.05) is 47.8 Å². The van der Waals surface area contributed by atoms with Crippen LogP contribution in [0.1, 0.15) is 40.2 Å². The largest absolute Gasteiger partial charge is 0.458 e. The highest BCUT2D eigenvalue weighted by atomic mass is 35.5. The molecule has 0 bridgehead atoms. The van der Waals surface area contributed by atoms with Crippen molar-refractivity contribution >= 4 is 52.4 Å². The molecule has 2 aromatic carbocycles. The van der Waals surface area contributed by atoms with Crippen LogP contribution < -0.4 is 20.4 Å². The molecule has 11 heteroatoms. The van der Waals surface area contributed by atoms with Crippen LogP contribution in [0.4, 0.5) is 17.1 Å². The van der Waals surface area contributed by atoms with Gasteiger partial charge in [-0.25, -0.2) is 4.79 Å². The molecule has 242 valence electrons. The quantitative estimate of drug-likeness (QED) is 0.199. The number of halogens is 1. The first-order chi connectivity index (χ1) is 21.2. The van der Waals surface area contributed by atoms with Crippen molar-refractivity contribution < 1.29 is 23.9 Å². The van der Waals surface area contributed by atoms with Gasteiger partial charge in [-0.1, -0.05) is 35.9 Å². The molecule has 2 aromatic rings. The molecule has 0 spiro atoms. The van der Waals surface area contributed by atoms with Crippen molar-refractivity contribution in [1.29, 1.82) is 0 Å². The molecule has 0 aliphatic carbocycles. The number of rotatable bonds is 12. The number of amides is 3. The number of benzene rings is 2. The summed E-state index contributed by atoms with van der Waals surface area (Å²) in [5, 5.41) is 5.54. The average Bonchev–Trinajstić information content (AvgIpc) is 2.96. The van der Waals surface area contributed by atoms with Gasteiger partial charge in [-0.2, -0.15) is 0 Å². The van der Waals surface area contributed by atoms with E-state index in [4.69, 9.17) is 16.3 Å². The molecular formula is C34H44ClN5O5. The molecule has 0 saturated carbocycles. The second-order valence-electron chi connectivity index (χ2n) is 12.1. The highest BCUT2D eigenvalue weighted by Gasteiger charge is 2.30. The zero-order valence-corrected chi connectivity index (χ0v) is 27.5. The Morgan fingerprint density at radius 2 is 1.67 bits per heavy atom. The maximum absolute atomic E-state index is 13.2. The molecule has 0 radical (unpaired) electrons. The molecule has 1 fully saturated rings. The Bertz CT molecular complexity index is 1390. The lowest BCUT2D eigenvalue weighted by molar-refractivity contribution is -0.158. The van der Waals surface area contributed by atoms with Crippen LogP contribution in [0.15, 0.2) is 67.8 Å². The van der Waals surface area contributed by atoms with Crippen molar-refractivity contribution in [2.45, 2.75) is 58.7 Å². The van der Waals surface area contributed by atoms with Crippen LogP contribution in [0.25, 0.3) is 0 Å². The van der Waals surface area contributed by atoms with Gasteiger partial charge in [0.05, 0.1) is 17.9 Å². The smallest absolute Gasteiger partial charge is 0.329 e. The Balaban J connectivity index is 1.77. The van der Waals surface area contributed by atoms with E-state index in [0.29, 0.717) is 48.1 Å². The first-order valence-electron chi connectivity index (χ1n) is 15.0. The third-order valence-corrected chi connectivity index (χ3v) is 7.35. The number of piperazine rings is 1. The summed E-state index contributed by atoms with van der Waals surface area (Å²) in [5.41, 5.74) is 1.58. The number of hydrogen-bond acceptors (Lipinski definition) is 7. The zero-order chi connectivity index (χ0) is 33.3. The number of ether oxygens (including phenoxy) is 1. The van der Waals surface area contributed by atoms with E-state index in [-0.39, 0.29) is 18.4 Å². The topological polar surface area (TPSA) is 111 Å². The maximum Gasteiger partial charge on any atom is 0.329 e. The summed E-state index contributed by atoms with van der Waals surface area (Å²) in [5.74, 6) is -2.65. The Hall–Kier alpha value is -4.15. The van der Waals surface area contributed by atoms with E-state index >= 15 is 0 Å². The number of nitrogens with one attached hydrogen (secondary N) is 2. The van der Waals surface area contributed by atoms with Crippen LogP contribution >= 0.6 is 11.6 Å². The van der Waals surface area contributed by atoms with Crippen molar-refractivity contribution in [3.05, 3.63) is 78.4 Å². The van der Waals surface area contributed by atoms with Gasteiger partial charge in [-0.3, -0.25) is 19.3 Å². The summed E-state index contributed by atoms with van der Waals surface area (Å²) in [4.78, 5) is 58.0. The number of esters is 1. The standard InChI is InChI=1S/C34H44ClN5O5/c1-8-16-38(17-9-2)29-15-12-25(35)21-27(29)36-31(42)32(43)37-28(33(44)45-34(5,6)7)20-24-10-13-26(14-11-24)40-19-18-39(23(3)4)22-30(40)41/h8-15,21,23,28H,1-2,16-20,22H2,3-7H3,(H,36,42)(H,37,43)/t28-/m0/s1. The second-order valence-corrected chi connectivity index (χ2v) is 12.6. The predicted octanol–water partition coefficient (Wildman–Crippen LogP) is 4.58. The lowest BCUT2D eigenvalue weighted by atomic mass is 10.0. The molecule has 10 nitrogen and oxygen atoms in total. The highest BCUT2D eigenvalue weighted by Crippen LogP contribution is 2.29. The fraction of sp³-hybridized carbons (Fsp3) is 0.412. The van der Waals surface area contributed by atoms with E-state index in [0.717, 1.165) is 12.2 Å². The summed E-state index contributed by atoms with van der Waals surface area (Å²) in [7, 11) is 0. The molecule has 1 aliphatic heterocycles. The Kier molecular flexibility index (Phi) is 12.3. The average molecular weight is 638 g/mol. The molecule has 1 aliphatic rings. The van der Waals surface area contributed by atoms with Crippen molar-refractivity contribution in [3.8, 4) is 0 Å². The van der Waals surface area contributed by atoms with Crippen molar-refractivity contribution in [1.82, 2.24) is 10.2 Å². The number of nitrogens with zero attached hydrogens (tertiary/aromatic N) is 3. The molecule has 2 N–H and O–H groups in total. The van der Waals surface area contributed by atoms with Crippen LogP contribution in [0.2, 0.25) is 5.02 Å². The summed E-state index contributed by atoms with van der Waals surface area (Å²) < 4.78 is 5.57. The minimum Gasteiger partial charge on any atom is -0.458 e. The van der Waals surface area contributed by atoms with E-state index in [1.54, 1.807) is 68.2 Å². The fourth-order valence-corrected chi connectivity index (χ4v) is 5.06. The van der Waals surface area contributed by atoms with E-state index in [2.05, 4.69) is 42.5 Å². The normalized spacial score (nSPS) is 14.5. The fourth-order valence-electron chi connectivity index (χ4n) is 4.89. The van der Waals surface area contributed by atoms with Gasteiger partial charge in [-0.05, 0) is 70.5 Å². The number of anilines is 3. The van der Waals surface area contributed by atoms with Crippen molar-refractivity contribution in [2.24, 2.45) is 0 Å². The lowest BCUT2D eigenvalue weighted by Gasteiger charge is -2.36.